The van der Waals surface area contributed by atoms with Crippen LogP contribution in [0.1, 0.15) is 33.3 Å². The zero-order valence-electron chi connectivity index (χ0n) is 16.1. The number of hydrogen-bond acceptors (Lipinski definition) is 6. The van der Waals surface area contributed by atoms with Gasteiger partial charge in [0.1, 0.15) is 11.2 Å². The van der Waals surface area contributed by atoms with Crippen molar-refractivity contribution in [2.45, 2.75) is 45.9 Å². The highest BCUT2D eigenvalue weighted by Crippen LogP contribution is 2.28. The number of furan rings is 1. The minimum atomic E-state index is -0.522. The summed E-state index contributed by atoms with van der Waals surface area (Å²) in [6.45, 7) is 9.86. The summed E-state index contributed by atoms with van der Waals surface area (Å²) in [5.74, 6) is 0. The molecule has 0 spiro atoms. The van der Waals surface area contributed by atoms with Crippen LogP contribution in [0, 0.1) is 10.1 Å². The first kappa shape index (κ1) is 19.2. The van der Waals surface area contributed by atoms with Gasteiger partial charge in [-0.2, -0.15) is 0 Å². The van der Waals surface area contributed by atoms with E-state index in [2.05, 4.69) is 4.90 Å². The van der Waals surface area contributed by atoms with Crippen LogP contribution in [-0.2, 0) is 11.3 Å². The lowest BCUT2D eigenvalue weighted by molar-refractivity contribution is -0.384. The van der Waals surface area contributed by atoms with Gasteiger partial charge in [-0.05, 0) is 33.8 Å². The molecule has 3 rings (SSSR count). The quantitative estimate of drug-likeness (QED) is 0.599. The van der Waals surface area contributed by atoms with Crippen molar-refractivity contribution in [3.8, 4) is 0 Å². The van der Waals surface area contributed by atoms with Gasteiger partial charge in [0.25, 0.3) is 5.69 Å². The fourth-order valence-corrected chi connectivity index (χ4v) is 3.30. The Balaban J connectivity index is 1.73. The zero-order valence-corrected chi connectivity index (χ0v) is 16.1. The minimum absolute atomic E-state index is 0.0546. The smallest absolute Gasteiger partial charge is 0.410 e. The lowest BCUT2D eigenvalue weighted by atomic mass is 10.1. The number of nitro benzene ring substituents is 1. The molecule has 1 aliphatic rings. The maximum absolute atomic E-state index is 12.3. The number of nitro groups is 1. The van der Waals surface area contributed by atoms with Gasteiger partial charge in [0.05, 0.1) is 11.2 Å². The summed E-state index contributed by atoms with van der Waals surface area (Å²) in [4.78, 5) is 27.0. The van der Waals surface area contributed by atoms with E-state index in [1.807, 2.05) is 27.7 Å². The van der Waals surface area contributed by atoms with Gasteiger partial charge in [0.2, 0.25) is 0 Å². The van der Waals surface area contributed by atoms with Crippen molar-refractivity contribution in [2.24, 2.45) is 0 Å². The number of benzene rings is 1. The average molecular weight is 375 g/mol. The lowest BCUT2D eigenvalue weighted by Gasteiger charge is -2.40. The zero-order chi connectivity index (χ0) is 19.8. The normalized spacial score (nSPS) is 18.7. The number of carbonyl (C=O) groups is 1. The predicted octanol–water partition coefficient (Wildman–Crippen LogP) is 3.78. The molecule has 1 aromatic heterocycles. The lowest BCUT2D eigenvalue weighted by Crippen LogP contribution is -2.54. The Morgan fingerprint density at radius 2 is 2.11 bits per heavy atom. The van der Waals surface area contributed by atoms with Crippen molar-refractivity contribution in [1.29, 1.82) is 0 Å². The van der Waals surface area contributed by atoms with Crippen LogP contribution in [0.3, 0.4) is 0 Å². The molecule has 27 heavy (non-hydrogen) atoms. The van der Waals surface area contributed by atoms with Crippen molar-refractivity contribution >= 4 is 22.7 Å². The monoisotopic (exact) mass is 375 g/mol. The highest BCUT2D eigenvalue weighted by molar-refractivity contribution is 5.83. The van der Waals surface area contributed by atoms with Gasteiger partial charge in [0.15, 0.2) is 0 Å². The number of fused-ring (bicyclic) bond motifs is 1. The molecule has 146 valence electrons. The summed E-state index contributed by atoms with van der Waals surface area (Å²) in [6, 6.07) is 4.91. The van der Waals surface area contributed by atoms with Gasteiger partial charge in [-0.1, -0.05) is 0 Å². The molecule has 1 atom stereocenters. The third-order valence-electron chi connectivity index (χ3n) is 4.61. The van der Waals surface area contributed by atoms with Crippen molar-refractivity contribution in [1.82, 2.24) is 9.80 Å². The maximum atomic E-state index is 12.3. The van der Waals surface area contributed by atoms with Gasteiger partial charge >= 0.3 is 6.09 Å². The Labute approximate surface area is 157 Å². The van der Waals surface area contributed by atoms with E-state index in [9.17, 15) is 14.9 Å². The molecule has 0 aliphatic carbocycles. The summed E-state index contributed by atoms with van der Waals surface area (Å²) in [5.41, 5.74) is 0.980. The van der Waals surface area contributed by atoms with E-state index in [4.69, 9.17) is 9.15 Å². The van der Waals surface area contributed by atoms with Gasteiger partial charge in [-0.15, -0.1) is 0 Å². The molecule has 0 saturated carbocycles. The van der Waals surface area contributed by atoms with E-state index in [0.717, 1.165) is 10.9 Å². The standard InChI is InChI=1S/C19H25N3O5/c1-13-11-21(18(23)27-19(2,3)4)7-6-20(13)12-15-10-16(22(24)25)9-14-5-8-26-17(14)15/h5,8-10,13H,6-7,11-12H2,1-4H3. The molecule has 1 aliphatic heterocycles. The Morgan fingerprint density at radius 3 is 2.74 bits per heavy atom. The number of carbonyl (C=O) groups excluding carboxylic acids is 1. The Hall–Kier alpha value is -2.61. The number of piperazine rings is 1. The fourth-order valence-electron chi connectivity index (χ4n) is 3.30. The van der Waals surface area contributed by atoms with Crippen LogP contribution >= 0.6 is 0 Å². The molecule has 0 N–H and O–H groups in total. The Morgan fingerprint density at radius 1 is 1.37 bits per heavy atom. The summed E-state index contributed by atoms with van der Waals surface area (Å²) in [5, 5.41) is 11.9. The molecule has 2 aromatic rings. The first-order chi connectivity index (χ1) is 12.6. The molecule has 0 bridgehead atoms. The number of nitrogens with zero attached hydrogens (tertiary/aromatic N) is 3. The largest absolute Gasteiger partial charge is 0.464 e. The second-order valence-electron chi connectivity index (χ2n) is 7.95. The summed E-state index contributed by atoms with van der Waals surface area (Å²) < 4.78 is 11.0. The number of non-ortho nitro benzene ring substituents is 1. The second kappa shape index (κ2) is 7.19. The van der Waals surface area contributed by atoms with Crippen LogP contribution in [-0.4, -0.2) is 52.1 Å². The van der Waals surface area contributed by atoms with E-state index < -0.39 is 5.60 Å². The van der Waals surface area contributed by atoms with Crippen LogP contribution in [0.15, 0.2) is 28.9 Å². The van der Waals surface area contributed by atoms with Crippen LogP contribution in [0.4, 0.5) is 10.5 Å². The molecule has 1 unspecified atom stereocenters. The van der Waals surface area contributed by atoms with E-state index in [-0.39, 0.29) is 22.7 Å². The highest BCUT2D eigenvalue weighted by atomic mass is 16.6. The van der Waals surface area contributed by atoms with Crippen molar-refractivity contribution in [2.75, 3.05) is 19.6 Å². The van der Waals surface area contributed by atoms with Crippen molar-refractivity contribution in [3.63, 3.8) is 0 Å². The Bertz CT molecular complexity index is 855. The summed E-state index contributed by atoms with van der Waals surface area (Å²) in [6.07, 6.45) is 1.24. The summed E-state index contributed by atoms with van der Waals surface area (Å²) in [7, 11) is 0. The number of rotatable bonds is 3. The maximum Gasteiger partial charge on any atom is 0.410 e. The van der Waals surface area contributed by atoms with Gasteiger partial charge in [-0.3, -0.25) is 15.0 Å². The Kier molecular flexibility index (Phi) is 5.10. The first-order valence-electron chi connectivity index (χ1n) is 9.00. The molecule has 1 aromatic carbocycles. The number of amides is 1. The molecule has 1 saturated heterocycles. The SMILES string of the molecule is CC1CN(C(=O)OC(C)(C)C)CCN1Cc1cc([N+](=O)[O-])cc2ccoc12. The van der Waals surface area contributed by atoms with Gasteiger partial charge in [0, 0.05) is 55.3 Å². The van der Waals surface area contributed by atoms with Crippen LogP contribution in [0.2, 0.25) is 0 Å². The molecule has 0 radical (unpaired) electrons. The first-order valence-corrected chi connectivity index (χ1v) is 9.00. The minimum Gasteiger partial charge on any atom is -0.464 e. The third-order valence-corrected chi connectivity index (χ3v) is 4.61. The number of ether oxygens (including phenoxy) is 1. The third kappa shape index (κ3) is 4.39. The van der Waals surface area contributed by atoms with Gasteiger partial charge < -0.3 is 14.1 Å². The molecular weight excluding hydrogens is 350 g/mol. The molecule has 2 heterocycles. The molecule has 1 amide bonds. The van der Waals surface area contributed by atoms with Crippen LogP contribution < -0.4 is 0 Å². The predicted molar refractivity (Wildman–Crippen MR) is 101 cm³/mol. The highest BCUT2D eigenvalue weighted by Gasteiger charge is 2.30. The van der Waals surface area contributed by atoms with E-state index >= 15 is 0 Å². The molecular formula is C19H25N3O5. The van der Waals surface area contributed by atoms with Gasteiger partial charge in [-0.25, -0.2) is 4.79 Å². The topological polar surface area (TPSA) is 89.1 Å². The number of hydrogen-bond donors (Lipinski definition) is 0. The van der Waals surface area contributed by atoms with Crippen molar-refractivity contribution < 1.29 is 18.9 Å². The summed E-state index contributed by atoms with van der Waals surface area (Å²) >= 11 is 0. The van der Waals surface area contributed by atoms with Crippen LogP contribution in [0.5, 0.6) is 0 Å². The van der Waals surface area contributed by atoms with E-state index in [1.54, 1.807) is 23.3 Å². The van der Waals surface area contributed by atoms with E-state index in [0.29, 0.717) is 31.8 Å². The van der Waals surface area contributed by atoms with Crippen molar-refractivity contribution in [3.05, 3.63) is 40.1 Å². The fraction of sp³-hybridized carbons (Fsp3) is 0.526. The van der Waals surface area contributed by atoms with Crippen LogP contribution in [0.25, 0.3) is 11.0 Å². The average Bonchev–Trinajstić information content (AvgIpc) is 3.03. The molecule has 8 nitrogen and oxygen atoms in total. The molecule has 1 fully saturated rings. The molecule has 8 heteroatoms. The van der Waals surface area contributed by atoms with E-state index in [1.165, 1.54) is 6.07 Å². The second-order valence-corrected chi connectivity index (χ2v) is 7.95.